The predicted molar refractivity (Wildman–Crippen MR) is 114 cm³/mol. The third-order valence-electron chi connectivity index (χ3n) is 4.68. The molecule has 0 unspecified atom stereocenters. The minimum atomic E-state index is -3.88. The Morgan fingerprint density at radius 1 is 1.00 bits per heavy atom. The van der Waals surface area contributed by atoms with Crippen molar-refractivity contribution in [2.45, 2.75) is 16.3 Å². The standard InChI is InChI=1S/C22H15ClF2N2O3S/c23-14-5-8-16(9-6-14)31(29,30)21-12-27(20-4-2-1-3-17(20)21)13-22(28)26-19-10-7-15(24)11-18(19)25/h1-12H,13H2,(H,26,28). The lowest BCUT2D eigenvalue weighted by Gasteiger charge is -2.08. The zero-order chi connectivity index (χ0) is 22.2. The number of para-hydroxylation sites is 1. The fraction of sp³-hybridized carbons (Fsp3) is 0.0455. The van der Waals surface area contributed by atoms with Crippen LogP contribution < -0.4 is 5.32 Å². The summed E-state index contributed by atoms with van der Waals surface area (Å²) in [6, 6.07) is 15.3. The van der Waals surface area contributed by atoms with Crippen LogP contribution in [0.15, 0.2) is 82.7 Å². The number of fused-ring (bicyclic) bond motifs is 1. The van der Waals surface area contributed by atoms with Crippen LogP contribution in [0.5, 0.6) is 0 Å². The van der Waals surface area contributed by atoms with Gasteiger partial charge in [0.05, 0.1) is 15.5 Å². The normalized spacial score (nSPS) is 11.6. The molecule has 0 radical (unpaired) electrons. The first kappa shape index (κ1) is 21.0. The number of anilines is 1. The van der Waals surface area contributed by atoms with Crippen LogP contribution in [0.25, 0.3) is 10.9 Å². The minimum Gasteiger partial charge on any atom is -0.337 e. The van der Waals surface area contributed by atoms with Gasteiger partial charge in [-0.2, -0.15) is 0 Å². The van der Waals surface area contributed by atoms with Gasteiger partial charge in [0.2, 0.25) is 15.7 Å². The maximum Gasteiger partial charge on any atom is 0.244 e. The quantitative estimate of drug-likeness (QED) is 0.453. The number of carbonyl (C=O) groups is 1. The Labute approximate surface area is 181 Å². The van der Waals surface area contributed by atoms with E-state index in [0.717, 1.165) is 12.1 Å². The van der Waals surface area contributed by atoms with Crippen LogP contribution in [-0.2, 0) is 21.2 Å². The Hall–Kier alpha value is -3.23. The van der Waals surface area contributed by atoms with Gasteiger partial charge < -0.3 is 9.88 Å². The Bertz CT molecular complexity index is 1400. The molecule has 3 aromatic carbocycles. The maximum atomic E-state index is 13.8. The first-order valence-electron chi connectivity index (χ1n) is 9.09. The van der Waals surface area contributed by atoms with Gasteiger partial charge in [-0.15, -0.1) is 0 Å². The topological polar surface area (TPSA) is 68.2 Å². The molecule has 0 aliphatic heterocycles. The number of sulfone groups is 1. The summed E-state index contributed by atoms with van der Waals surface area (Å²) >= 11 is 5.86. The molecule has 1 aromatic heterocycles. The van der Waals surface area contributed by atoms with Crippen LogP contribution >= 0.6 is 11.6 Å². The number of halogens is 3. The van der Waals surface area contributed by atoms with Gasteiger partial charge in [-0.1, -0.05) is 29.8 Å². The van der Waals surface area contributed by atoms with Gasteiger partial charge in [-0.25, -0.2) is 17.2 Å². The molecule has 0 aliphatic carbocycles. The lowest BCUT2D eigenvalue weighted by Crippen LogP contribution is -2.19. The van der Waals surface area contributed by atoms with Crippen molar-refractivity contribution >= 4 is 43.9 Å². The number of hydrogen-bond donors (Lipinski definition) is 1. The number of rotatable bonds is 5. The third kappa shape index (κ3) is 4.17. The van der Waals surface area contributed by atoms with Gasteiger partial charge in [0.1, 0.15) is 18.2 Å². The number of carbonyl (C=O) groups excluding carboxylic acids is 1. The summed E-state index contributed by atoms with van der Waals surface area (Å²) < 4.78 is 54.7. The van der Waals surface area contributed by atoms with Crippen molar-refractivity contribution in [2.75, 3.05) is 5.32 Å². The minimum absolute atomic E-state index is 0.0335. The number of hydrogen-bond acceptors (Lipinski definition) is 3. The van der Waals surface area contributed by atoms with Crippen molar-refractivity contribution in [2.24, 2.45) is 0 Å². The van der Waals surface area contributed by atoms with Crippen LogP contribution in [0.2, 0.25) is 5.02 Å². The monoisotopic (exact) mass is 460 g/mol. The zero-order valence-electron chi connectivity index (χ0n) is 15.8. The molecule has 31 heavy (non-hydrogen) atoms. The van der Waals surface area contributed by atoms with Gasteiger partial charge >= 0.3 is 0 Å². The molecule has 0 fully saturated rings. The molecule has 0 saturated heterocycles. The smallest absolute Gasteiger partial charge is 0.244 e. The largest absolute Gasteiger partial charge is 0.337 e. The van der Waals surface area contributed by atoms with Crippen molar-refractivity contribution < 1.29 is 22.0 Å². The summed E-state index contributed by atoms with van der Waals surface area (Å²) in [7, 11) is -3.88. The zero-order valence-corrected chi connectivity index (χ0v) is 17.4. The second-order valence-corrected chi connectivity index (χ2v) is 9.12. The van der Waals surface area contributed by atoms with Crippen LogP contribution in [0.1, 0.15) is 0 Å². The fourth-order valence-corrected chi connectivity index (χ4v) is 4.84. The second-order valence-electron chi connectivity index (χ2n) is 6.77. The van der Waals surface area contributed by atoms with Crippen LogP contribution in [0, 0.1) is 11.6 Å². The Balaban J connectivity index is 1.70. The van der Waals surface area contributed by atoms with Crippen LogP contribution in [-0.4, -0.2) is 18.9 Å². The molecule has 4 aromatic rings. The molecule has 0 saturated carbocycles. The predicted octanol–water partition coefficient (Wildman–Crippen LogP) is 5.04. The van der Waals surface area contributed by atoms with Crippen LogP contribution in [0.3, 0.4) is 0 Å². The SMILES string of the molecule is O=C(Cn1cc(S(=O)(=O)c2ccc(Cl)cc2)c2ccccc21)Nc1ccc(F)cc1F. The first-order valence-corrected chi connectivity index (χ1v) is 11.0. The van der Waals surface area contributed by atoms with Gasteiger partial charge in [0, 0.05) is 28.2 Å². The summed E-state index contributed by atoms with van der Waals surface area (Å²) in [4.78, 5) is 12.6. The number of amides is 1. The maximum absolute atomic E-state index is 13.8. The Morgan fingerprint density at radius 2 is 1.71 bits per heavy atom. The number of nitrogens with zero attached hydrogens (tertiary/aromatic N) is 1. The molecular formula is C22H15ClF2N2O3S. The molecule has 1 N–H and O–H groups in total. The lowest BCUT2D eigenvalue weighted by atomic mass is 10.2. The molecule has 0 atom stereocenters. The molecule has 1 heterocycles. The van der Waals surface area contributed by atoms with E-state index >= 15 is 0 Å². The van der Waals surface area contributed by atoms with Gasteiger partial charge in [-0.05, 0) is 42.5 Å². The molecule has 0 bridgehead atoms. The second kappa shape index (κ2) is 8.13. The van der Waals surface area contributed by atoms with E-state index in [2.05, 4.69) is 5.32 Å². The molecule has 0 spiro atoms. The highest BCUT2D eigenvalue weighted by molar-refractivity contribution is 7.91. The Kier molecular flexibility index (Phi) is 5.51. The van der Waals surface area contributed by atoms with Crippen LogP contribution in [0.4, 0.5) is 14.5 Å². The molecule has 4 rings (SSSR count). The van der Waals surface area contributed by atoms with Crippen molar-refractivity contribution in [1.29, 1.82) is 0 Å². The lowest BCUT2D eigenvalue weighted by molar-refractivity contribution is -0.116. The van der Waals surface area contributed by atoms with Gasteiger partial charge in [0.25, 0.3) is 0 Å². The van der Waals surface area contributed by atoms with E-state index in [1.54, 1.807) is 24.3 Å². The van der Waals surface area contributed by atoms with E-state index < -0.39 is 27.4 Å². The molecule has 158 valence electrons. The van der Waals surface area contributed by atoms with E-state index in [4.69, 9.17) is 11.6 Å². The number of aromatic nitrogens is 1. The van der Waals surface area contributed by atoms with Crippen molar-refractivity contribution in [3.05, 3.63) is 89.6 Å². The highest BCUT2D eigenvalue weighted by Crippen LogP contribution is 2.31. The molecule has 1 amide bonds. The van der Waals surface area contributed by atoms with E-state index in [-0.39, 0.29) is 22.0 Å². The summed E-state index contributed by atoms with van der Waals surface area (Å²) in [6.07, 6.45) is 1.37. The first-order chi connectivity index (χ1) is 14.8. The summed E-state index contributed by atoms with van der Waals surface area (Å²) in [6.45, 7) is -0.270. The summed E-state index contributed by atoms with van der Waals surface area (Å²) in [5.74, 6) is -2.26. The van der Waals surface area contributed by atoms with E-state index in [9.17, 15) is 22.0 Å². The fourth-order valence-electron chi connectivity index (χ4n) is 3.23. The van der Waals surface area contributed by atoms with Crippen molar-refractivity contribution in [3.63, 3.8) is 0 Å². The molecule has 0 aliphatic rings. The summed E-state index contributed by atoms with van der Waals surface area (Å²) in [5.41, 5.74) is 0.349. The summed E-state index contributed by atoms with van der Waals surface area (Å²) in [5, 5.41) is 3.22. The van der Waals surface area contributed by atoms with Gasteiger partial charge in [0.15, 0.2) is 0 Å². The molecule has 9 heteroatoms. The molecular weight excluding hydrogens is 446 g/mol. The van der Waals surface area contributed by atoms with Gasteiger partial charge in [-0.3, -0.25) is 4.79 Å². The number of benzene rings is 3. The van der Waals surface area contributed by atoms with Crippen molar-refractivity contribution in [1.82, 2.24) is 4.57 Å². The highest BCUT2D eigenvalue weighted by atomic mass is 35.5. The van der Waals surface area contributed by atoms with E-state index in [1.165, 1.54) is 35.0 Å². The number of nitrogens with one attached hydrogen (secondary N) is 1. The average Bonchev–Trinajstić information content (AvgIpc) is 3.10. The van der Waals surface area contributed by atoms with E-state index in [0.29, 0.717) is 22.0 Å². The highest BCUT2D eigenvalue weighted by Gasteiger charge is 2.24. The van der Waals surface area contributed by atoms with E-state index in [1.807, 2.05) is 0 Å². The molecule has 5 nitrogen and oxygen atoms in total. The van der Waals surface area contributed by atoms with Crippen molar-refractivity contribution in [3.8, 4) is 0 Å². The average molecular weight is 461 g/mol. The Morgan fingerprint density at radius 3 is 2.42 bits per heavy atom. The third-order valence-corrected chi connectivity index (χ3v) is 6.73.